The van der Waals surface area contributed by atoms with E-state index in [2.05, 4.69) is 12.8 Å². The van der Waals surface area contributed by atoms with Gasteiger partial charge in [0.05, 0.1) is 6.54 Å². The van der Waals surface area contributed by atoms with Gasteiger partial charge in [-0.3, -0.25) is 4.79 Å². The van der Waals surface area contributed by atoms with Crippen LogP contribution in [0.2, 0.25) is 0 Å². The normalized spacial score (nSPS) is 17.3. The van der Waals surface area contributed by atoms with Crippen molar-refractivity contribution in [2.45, 2.75) is 39.0 Å². The zero-order valence-corrected chi connectivity index (χ0v) is 10.2. The molecule has 90 valence electrons. The third-order valence-corrected chi connectivity index (χ3v) is 3.50. The SMILES string of the molecule is C#CCN(CCC)C(=O)CC1(CN)CCC1. The minimum absolute atomic E-state index is 0.0810. The first-order chi connectivity index (χ1) is 7.67. The zero-order valence-electron chi connectivity index (χ0n) is 10.2. The van der Waals surface area contributed by atoms with E-state index in [0.717, 1.165) is 25.8 Å². The molecule has 0 bridgehead atoms. The molecular formula is C13H22N2O. The first-order valence-electron chi connectivity index (χ1n) is 6.09. The van der Waals surface area contributed by atoms with Crippen molar-refractivity contribution in [3.8, 4) is 12.3 Å². The lowest BCUT2D eigenvalue weighted by atomic mass is 9.66. The third kappa shape index (κ3) is 2.99. The smallest absolute Gasteiger partial charge is 0.223 e. The van der Waals surface area contributed by atoms with Gasteiger partial charge in [0.2, 0.25) is 5.91 Å². The topological polar surface area (TPSA) is 46.3 Å². The van der Waals surface area contributed by atoms with Gasteiger partial charge in [-0.05, 0) is 31.2 Å². The summed E-state index contributed by atoms with van der Waals surface area (Å²) >= 11 is 0. The van der Waals surface area contributed by atoms with Crippen molar-refractivity contribution in [2.75, 3.05) is 19.6 Å². The molecule has 3 heteroatoms. The van der Waals surface area contributed by atoms with Crippen molar-refractivity contribution in [3.63, 3.8) is 0 Å². The van der Waals surface area contributed by atoms with E-state index in [1.165, 1.54) is 6.42 Å². The quantitative estimate of drug-likeness (QED) is 0.690. The number of carbonyl (C=O) groups is 1. The Bertz CT molecular complexity index is 271. The van der Waals surface area contributed by atoms with Gasteiger partial charge in [0.25, 0.3) is 0 Å². The maximum absolute atomic E-state index is 12.1. The summed E-state index contributed by atoms with van der Waals surface area (Å²) in [6, 6.07) is 0. The molecule has 0 radical (unpaired) electrons. The number of amides is 1. The summed E-state index contributed by atoms with van der Waals surface area (Å²) < 4.78 is 0. The van der Waals surface area contributed by atoms with Gasteiger partial charge in [0.15, 0.2) is 0 Å². The van der Waals surface area contributed by atoms with Crippen molar-refractivity contribution in [3.05, 3.63) is 0 Å². The number of nitrogens with zero attached hydrogens (tertiary/aromatic N) is 1. The molecule has 16 heavy (non-hydrogen) atoms. The second-order valence-electron chi connectivity index (χ2n) is 4.75. The first-order valence-corrected chi connectivity index (χ1v) is 6.09. The Morgan fingerprint density at radius 2 is 2.25 bits per heavy atom. The molecule has 0 aromatic carbocycles. The summed E-state index contributed by atoms with van der Waals surface area (Å²) in [5.74, 6) is 2.72. The van der Waals surface area contributed by atoms with E-state index in [1.807, 2.05) is 0 Å². The minimum atomic E-state index is 0.0810. The molecule has 1 saturated carbocycles. The van der Waals surface area contributed by atoms with Gasteiger partial charge in [0, 0.05) is 13.0 Å². The van der Waals surface area contributed by atoms with Gasteiger partial charge in [-0.15, -0.1) is 6.42 Å². The molecule has 1 rings (SSSR count). The molecule has 0 aromatic heterocycles. The summed E-state index contributed by atoms with van der Waals surface area (Å²) in [6.45, 7) is 3.85. The lowest BCUT2D eigenvalue weighted by Crippen LogP contribution is -2.43. The van der Waals surface area contributed by atoms with E-state index < -0.39 is 0 Å². The van der Waals surface area contributed by atoms with E-state index in [0.29, 0.717) is 19.5 Å². The molecule has 0 aromatic rings. The molecule has 3 nitrogen and oxygen atoms in total. The molecular weight excluding hydrogens is 200 g/mol. The van der Waals surface area contributed by atoms with E-state index in [4.69, 9.17) is 12.2 Å². The highest BCUT2D eigenvalue weighted by molar-refractivity contribution is 5.77. The Kier molecular flexibility index (Phi) is 4.82. The highest BCUT2D eigenvalue weighted by Crippen LogP contribution is 2.43. The molecule has 0 atom stereocenters. The van der Waals surface area contributed by atoms with Gasteiger partial charge in [0.1, 0.15) is 0 Å². The second-order valence-corrected chi connectivity index (χ2v) is 4.75. The first kappa shape index (κ1) is 13.1. The fourth-order valence-corrected chi connectivity index (χ4v) is 2.23. The standard InChI is InChI=1S/C13H22N2O/c1-3-8-15(9-4-2)12(16)10-13(11-14)6-5-7-13/h1H,4-11,14H2,2H3. The van der Waals surface area contributed by atoms with Crippen LogP contribution in [0.15, 0.2) is 0 Å². The Morgan fingerprint density at radius 1 is 1.56 bits per heavy atom. The molecule has 0 aliphatic heterocycles. The summed E-state index contributed by atoms with van der Waals surface area (Å²) in [6.07, 6.45) is 10.2. The lowest BCUT2D eigenvalue weighted by Gasteiger charge is -2.41. The Balaban J connectivity index is 2.51. The number of rotatable bonds is 6. The molecule has 0 unspecified atom stereocenters. The van der Waals surface area contributed by atoms with Crippen LogP contribution in [0.1, 0.15) is 39.0 Å². The van der Waals surface area contributed by atoms with Crippen molar-refractivity contribution in [1.82, 2.24) is 4.90 Å². The van der Waals surface area contributed by atoms with Crippen LogP contribution in [-0.4, -0.2) is 30.4 Å². The second kappa shape index (κ2) is 5.91. The van der Waals surface area contributed by atoms with Gasteiger partial charge < -0.3 is 10.6 Å². The van der Waals surface area contributed by atoms with E-state index in [-0.39, 0.29) is 11.3 Å². The molecule has 1 amide bonds. The van der Waals surface area contributed by atoms with E-state index >= 15 is 0 Å². The summed E-state index contributed by atoms with van der Waals surface area (Å²) in [5, 5.41) is 0. The van der Waals surface area contributed by atoms with Crippen LogP contribution < -0.4 is 5.73 Å². The third-order valence-electron chi connectivity index (χ3n) is 3.50. The fourth-order valence-electron chi connectivity index (χ4n) is 2.23. The molecule has 1 fully saturated rings. The fraction of sp³-hybridized carbons (Fsp3) is 0.769. The summed E-state index contributed by atoms with van der Waals surface area (Å²) in [7, 11) is 0. The number of terminal acetylenes is 1. The highest BCUT2D eigenvalue weighted by atomic mass is 16.2. The predicted molar refractivity (Wildman–Crippen MR) is 65.7 cm³/mol. The van der Waals surface area contributed by atoms with Gasteiger partial charge in [-0.2, -0.15) is 0 Å². The number of nitrogens with two attached hydrogens (primary N) is 1. The monoisotopic (exact) mass is 222 g/mol. The lowest BCUT2D eigenvalue weighted by molar-refractivity contribution is -0.134. The van der Waals surface area contributed by atoms with Crippen molar-refractivity contribution in [2.24, 2.45) is 11.1 Å². The number of hydrogen-bond acceptors (Lipinski definition) is 2. The van der Waals surface area contributed by atoms with Crippen LogP contribution in [0.4, 0.5) is 0 Å². The van der Waals surface area contributed by atoms with Crippen LogP contribution >= 0.6 is 0 Å². The van der Waals surface area contributed by atoms with Gasteiger partial charge >= 0.3 is 0 Å². The molecule has 0 spiro atoms. The largest absolute Gasteiger partial charge is 0.332 e. The van der Waals surface area contributed by atoms with Crippen LogP contribution in [0.5, 0.6) is 0 Å². The maximum atomic E-state index is 12.1. The van der Waals surface area contributed by atoms with E-state index in [9.17, 15) is 4.79 Å². The minimum Gasteiger partial charge on any atom is -0.332 e. The molecule has 2 N–H and O–H groups in total. The molecule has 0 heterocycles. The van der Waals surface area contributed by atoms with Crippen LogP contribution in [-0.2, 0) is 4.79 Å². The maximum Gasteiger partial charge on any atom is 0.223 e. The van der Waals surface area contributed by atoms with Crippen LogP contribution in [0.25, 0.3) is 0 Å². The van der Waals surface area contributed by atoms with Gasteiger partial charge in [-0.1, -0.05) is 19.3 Å². The average molecular weight is 222 g/mol. The number of hydrogen-bond donors (Lipinski definition) is 1. The summed E-state index contributed by atoms with van der Waals surface area (Å²) in [4.78, 5) is 13.8. The number of carbonyl (C=O) groups excluding carboxylic acids is 1. The van der Waals surface area contributed by atoms with Crippen LogP contribution in [0, 0.1) is 17.8 Å². The predicted octanol–water partition coefficient (Wildman–Crippen LogP) is 1.38. The molecule has 1 aliphatic carbocycles. The average Bonchev–Trinajstić information content (AvgIpc) is 2.23. The Labute approximate surface area is 98.4 Å². The molecule has 1 aliphatic rings. The summed E-state index contributed by atoms with van der Waals surface area (Å²) in [5.41, 5.74) is 5.84. The Morgan fingerprint density at radius 3 is 2.62 bits per heavy atom. The highest BCUT2D eigenvalue weighted by Gasteiger charge is 2.38. The van der Waals surface area contributed by atoms with Crippen LogP contribution in [0.3, 0.4) is 0 Å². The molecule has 0 saturated heterocycles. The van der Waals surface area contributed by atoms with Crippen molar-refractivity contribution < 1.29 is 4.79 Å². The zero-order chi connectivity index (χ0) is 12.0. The van der Waals surface area contributed by atoms with Crippen molar-refractivity contribution in [1.29, 1.82) is 0 Å². The van der Waals surface area contributed by atoms with Crippen molar-refractivity contribution >= 4 is 5.91 Å². The Hall–Kier alpha value is -1.01. The van der Waals surface area contributed by atoms with E-state index in [1.54, 1.807) is 4.90 Å². The van der Waals surface area contributed by atoms with Gasteiger partial charge in [-0.25, -0.2) is 0 Å².